The lowest BCUT2D eigenvalue weighted by Crippen LogP contribution is -2.32. The van der Waals surface area contributed by atoms with Crippen LogP contribution in [0.15, 0.2) is 29.2 Å². The van der Waals surface area contributed by atoms with Gasteiger partial charge in [0.1, 0.15) is 5.82 Å². The minimum absolute atomic E-state index is 0. The predicted molar refractivity (Wildman–Crippen MR) is 72.0 cm³/mol. The van der Waals surface area contributed by atoms with Gasteiger partial charge in [-0.3, -0.25) is 0 Å². The minimum Gasteiger partial charge on any atom is -0.315 e. The van der Waals surface area contributed by atoms with Gasteiger partial charge >= 0.3 is 0 Å². The Hall–Kier alpha value is -0.690. The molecule has 1 aromatic carbocycles. The summed E-state index contributed by atoms with van der Waals surface area (Å²) in [6.45, 7) is 3.73. The Kier molecular flexibility index (Phi) is 8.10. The summed E-state index contributed by atoms with van der Waals surface area (Å²) < 4.78 is 38.7. The van der Waals surface area contributed by atoms with Crippen LogP contribution in [0, 0.1) is 5.82 Å². The zero-order valence-electron chi connectivity index (χ0n) is 10.1. The number of nitrogens with one attached hydrogen (secondary N) is 2. The molecule has 0 fully saturated rings. The Labute approximate surface area is 113 Å². The van der Waals surface area contributed by atoms with E-state index >= 15 is 0 Å². The fourth-order valence-electron chi connectivity index (χ4n) is 1.29. The lowest BCUT2D eigenvalue weighted by Gasteiger charge is -2.07. The van der Waals surface area contributed by atoms with Crippen molar-refractivity contribution in [1.82, 2.24) is 10.0 Å². The molecular weight excluding hydrogens is 279 g/mol. The van der Waals surface area contributed by atoms with Gasteiger partial charge in [-0.1, -0.05) is 13.0 Å². The van der Waals surface area contributed by atoms with Gasteiger partial charge in [-0.2, -0.15) is 0 Å². The largest absolute Gasteiger partial charge is 0.315 e. The van der Waals surface area contributed by atoms with Crippen LogP contribution in [-0.2, 0) is 10.0 Å². The van der Waals surface area contributed by atoms with Crippen LogP contribution in [0.4, 0.5) is 4.39 Å². The van der Waals surface area contributed by atoms with Gasteiger partial charge in [0, 0.05) is 13.1 Å². The number of hydrogen-bond donors (Lipinski definition) is 2. The van der Waals surface area contributed by atoms with Crippen molar-refractivity contribution >= 4 is 22.4 Å². The standard InChI is InChI=1S/C11H17FN2O2S.ClH/c1-2-6-13-7-8-14-17(15,16)11-5-3-4-10(12)9-11;/h3-5,9,13-14H,2,6-8H2,1H3;1H. The molecule has 7 heteroatoms. The average Bonchev–Trinajstić information content (AvgIpc) is 2.29. The van der Waals surface area contributed by atoms with Crippen molar-refractivity contribution in [3.05, 3.63) is 30.1 Å². The molecule has 0 heterocycles. The molecule has 0 aromatic heterocycles. The van der Waals surface area contributed by atoms with E-state index in [9.17, 15) is 12.8 Å². The van der Waals surface area contributed by atoms with Gasteiger partial charge in [-0.25, -0.2) is 17.5 Å². The molecule has 0 saturated carbocycles. The van der Waals surface area contributed by atoms with E-state index in [1.54, 1.807) is 0 Å². The van der Waals surface area contributed by atoms with Crippen molar-refractivity contribution in [2.24, 2.45) is 0 Å². The van der Waals surface area contributed by atoms with Crippen molar-refractivity contribution in [1.29, 1.82) is 0 Å². The smallest absolute Gasteiger partial charge is 0.240 e. The third-order valence-corrected chi connectivity index (χ3v) is 3.59. The fraction of sp³-hybridized carbons (Fsp3) is 0.455. The van der Waals surface area contributed by atoms with Crippen LogP contribution in [0.2, 0.25) is 0 Å². The second-order valence-electron chi connectivity index (χ2n) is 3.61. The van der Waals surface area contributed by atoms with Crippen LogP contribution in [0.3, 0.4) is 0 Å². The number of rotatable bonds is 7. The lowest BCUT2D eigenvalue weighted by atomic mass is 10.4. The van der Waals surface area contributed by atoms with Gasteiger partial charge in [0.25, 0.3) is 0 Å². The summed E-state index contributed by atoms with van der Waals surface area (Å²) in [6, 6.07) is 4.95. The maximum absolute atomic E-state index is 12.9. The zero-order chi connectivity index (χ0) is 12.7. The molecule has 0 radical (unpaired) electrons. The van der Waals surface area contributed by atoms with E-state index in [0.717, 1.165) is 19.0 Å². The molecule has 1 aromatic rings. The molecule has 104 valence electrons. The van der Waals surface area contributed by atoms with Crippen molar-refractivity contribution in [2.45, 2.75) is 18.2 Å². The summed E-state index contributed by atoms with van der Waals surface area (Å²) in [4.78, 5) is -0.0482. The first kappa shape index (κ1) is 17.3. The van der Waals surface area contributed by atoms with Crippen LogP contribution in [0.5, 0.6) is 0 Å². The number of benzene rings is 1. The molecular formula is C11H18ClFN2O2S. The molecule has 0 saturated heterocycles. The Morgan fingerprint density at radius 2 is 1.94 bits per heavy atom. The van der Waals surface area contributed by atoms with Crippen molar-refractivity contribution in [2.75, 3.05) is 19.6 Å². The van der Waals surface area contributed by atoms with Gasteiger partial charge in [0.05, 0.1) is 4.90 Å². The second kappa shape index (κ2) is 8.42. The van der Waals surface area contributed by atoms with E-state index < -0.39 is 15.8 Å². The summed E-state index contributed by atoms with van der Waals surface area (Å²) >= 11 is 0. The highest BCUT2D eigenvalue weighted by Gasteiger charge is 2.13. The monoisotopic (exact) mass is 296 g/mol. The highest BCUT2D eigenvalue weighted by molar-refractivity contribution is 7.89. The third-order valence-electron chi connectivity index (χ3n) is 2.13. The molecule has 0 spiro atoms. The summed E-state index contributed by atoms with van der Waals surface area (Å²) in [5.74, 6) is -0.558. The van der Waals surface area contributed by atoms with E-state index in [1.807, 2.05) is 6.92 Å². The fourth-order valence-corrected chi connectivity index (χ4v) is 2.36. The summed E-state index contributed by atoms with van der Waals surface area (Å²) in [6.07, 6.45) is 0.997. The van der Waals surface area contributed by atoms with Crippen LogP contribution < -0.4 is 10.0 Å². The topological polar surface area (TPSA) is 58.2 Å². The highest BCUT2D eigenvalue weighted by atomic mass is 35.5. The number of hydrogen-bond acceptors (Lipinski definition) is 3. The number of sulfonamides is 1. The van der Waals surface area contributed by atoms with Crippen LogP contribution >= 0.6 is 12.4 Å². The Morgan fingerprint density at radius 1 is 1.22 bits per heavy atom. The Morgan fingerprint density at radius 3 is 2.56 bits per heavy atom. The molecule has 0 aliphatic rings. The van der Waals surface area contributed by atoms with Gasteiger partial charge in [-0.15, -0.1) is 12.4 Å². The van der Waals surface area contributed by atoms with Gasteiger partial charge in [0.2, 0.25) is 10.0 Å². The first-order valence-electron chi connectivity index (χ1n) is 5.52. The SMILES string of the molecule is CCCNCCNS(=O)(=O)c1cccc(F)c1.Cl. The van der Waals surface area contributed by atoms with Crippen molar-refractivity contribution in [3.63, 3.8) is 0 Å². The first-order valence-corrected chi connectivity index (χ1v) is 7.00. The second-order valence-corrected chi connectivity index (χ2v) is 5.37. The summed E-state index contributed by atoms with van der Waals surface area (Å²) in [5, 5.41) is 3.07. The average molecular weight is 297 g/mol. The normalized spacial score (nSPS) is 11.0. The van der Waals surface area contributed by atoms with Crippen LogP contribution in [0.1, 0.15) is 13.3 Å². The highest BCUT2D eigenvalue weighted by Crippen LogP contribution is 2.09. The lowest BCUT2D eigenvalue weighted by molar-refractivity contribution is 0.572. The quantitative estimate of drug-likeness (QED) is 0.750. The summed E-state index contributed by atoms with van der Waals surface area (Å²) in [7, 11) is -3.60. The molecule has 0 bridgehead atoms. The molecule has 0 unspecified atom stereocenters. The summed E-state index contributed by atoms with van der Waals surface area (Å²) in [5.41, 5.74) is 0. The van der Waals surface area contributed by atoms with E-state index in [1.165, 1.54) is 18.2 Å². The minimum atomic E-state index is -3.60. The molecule has 0 aliphatic heterocycles. The Bertz CT molecular complexity index is 454. The molecule has 0 aliphatic carbocycles. The van der Waals surface area contributed by atoms with Crippen molar-refractivity contribution < 1.29 is 12.8 Å². The molecule has 0 amide bonds. The van der Waals surface area contributed by atoms with Gasteiger partial charge in [0.15, 0.2) is 0 Å². The van der Waals surface area contributed by atoms with E-state index in [4.69, 9.17) is 0 Å². The van der Waals surface area contributed by atoms with E-state index in [0.29, 0.717) is 13.1 Å². The Balaban J connectivity index is 0.00000289. The molecule has 18 heavy (non-hydrogen) atoms. The van der Waals surface area contributed by atoms with Crippen molar-refractivity contribution in [3.8, 4) is 0 Å². The predicted octanol–water partition coefficient (Wildman–Crippen LogP) is 1.53. The number of halogens is 2. The van der Waals surface area contributed by atoms with Gasteiger partial charge in [-0.05, 0) is 31.2 Å². The molecule has 4 nitrogen and oxygen atoms in total. The van der Waals surface area contributed by atoms with Crippen LogP contribution in [-0.4, -0.2) is 28.1 Å². The maximum atomic E-state index is 12.9. The van der Waals surface area contributed by atoms with Crippen LogP contribution in [0.25, 0.3) is 0 Å². The van der Waals surface area contributed by atoms with E-state index in [-0.39, 0.29) is 17.3 Å². The molecule has 2 N–H and O–H groups in total. The van der Waals surface area contributed by atoms with E-state index in [2.05, 4.69) is 10.0 Å². The maximum Gasteiger partial charge on any atom is 0.240 e. The molecule has 1 rings (SSSR count). The first-order chi connectivity index (χ1) is 8.06. The zero-order valence-corrected chi connectivity index (χ0v) is 11.8. The third kappa shape index (κ3) is 5.77. The van der Waals surface area contributed by atoms with Gasteiger partial charge < -0.3 is 5.32 Å². The molecule has 0 atom stereocenters.